The van der Waals surface area contributed by atoms with Crippen molar-refractivity contribution in [3.05, 3.63) is 82.3 Å². The maximum atomic E-state index is 12.5. The maximum Gasteiger partial charge on any atom is 0.276 e. The third-order valence-electron chi connectivity index (χ3n) is 4.26. The average molecular weight is 344 g/mol. The van der Waals surface area contributed by atoms with Crippen LogP contribution >= 0.6 is 0 Å². The lowest BCUT2D eigenvalue weighted by molar-refractivity contribution is 0.0953. The quantitative estimate of drug-likeness (QED) is 0.443. The van der Waals surface area contributed by atoms with Crippen LogP contribution in [0.4, 0.5) is 0 Å². The van der Waals surface area contributed by atoms with Gasteiger partial charge in [-0.2, -0.15) is 5.10 Å². The van der Waals surface area contributed by atoms with Crippen LogP contribution in [0, 0.1) is 0 Å². The van der Waals surface area contributed by atoms with Gasteiger partial charge in [0.15, 0.2) is 0 Å². The maximum absolute atomic E-state index is 12.5. The van der Waals surface area contributed by atoms with Crippen molar-refractivity contribution in [1.82, 2.24) is 15.0 Å². The van der Waals surface area contributed by atoms with Gasteiger partial charge in [-0.1, -0.05) is 30.3 Å². The summed E-state index contributed by atoms with van der Waals surface area (Å²) < 4.78 is 1.76. The summed E-state index contributed by atoms with van der Waals surface area (Å²) in [6, 6.07) is 17.0. The third-order valence-corrected chi connectivity index (χ3v) is 4.26. The molecule has 0 aliphatic rings. The van der Waals surface area contributed by atoms with Crippen molar-refractivity contribution in [3.8, 4) is 0 Å². The molecule has 4 rings (SSSR count). The molecular formula is C20H16N4O2. The zero-order valence-electron chi connectivity index (χ0n) is 14.1. The Labute approximate surface area is 148 Å². The molecule has 0 radical (unpaired) electrons. The van der Waals surface area contributed by atoms with E-state index in [0.717, 1.165) is 22.1 Å². The van der Waals surface area contributed by atoms with E-state index in [0.29, 0.717) is 5.39 Å². The van der Waals surface area contributed by atoms with Gasteiger partial charge in [-0.15, -0.1) is 0 Å². The Morgan fingerprint density at radius 3 is 2.77 bits per heavy atom. The van der Waals surface area contributed by atoms with Gasteiger partial charge < -0.3 is 9.55 Å². The van der Waals surface area contributed by atoms with Gasteiger partial charge in [-0.25, -0.2) is 5.43 Å². The molecule has 0 spiro atoms. The lowest BCUT2D eigenvalue weighted by Gasteiger charge is -2.07. The summed E-state index contributed by atoms with van der Waals surface area (Å²) in [5.74, 6) is -0.538. The smallest absolute Gasteiger partial charge is 0.276 e. The molecule has 128 valence electrons. The highest BCUT2D eigenvalue weighted by Gasteiger charge is 2.13. The highest BCUT2D eigenvalue weighted by Crippen LogP contribution is 2.13. The second-order valence-electron chi connectivity index (χ2n) is 6.01. The van der Waals surface area contributed by atoms with Crippen LogP contribution < -0.4 is 10.9 Å². The summed E-state index contributed by atoms with van der Waals surface area (Å²) in [5, 5.41) is 5.52. The molecule has 2 heterocycles. The molecule has 6 nitrogen and oxygen atoms in total. The van der Waals surface area contributed by atoms with Gasteiger partial charge in [0.25, 0.3) is 5.91 Å². The number of hydrogen-bond acceptors (Lipinski definition) is 3. The first kappa shape index (κ1) is 15.8. The highest BCUT2D eigenvalue weighted by atomic mass is 16.2. The van der Waals surface area contributed by atoms with Gasteiger partial charge in [0.1, 0.15) is 5.56 Å². The predicted octanol–water partition coefficient (Wildman–Crippen LogP) is 2.78. The normalized spacial score (nSPS) is 11.4. The molecule has 0 aliphatic heterocycles. The Kier molecular flexibility index (Phi) is 3.85. The lowest BCUT2D eigenvalue weighted by Crippen LogP contribution is -2.26. The van der Waals surface area contributed by atoms with E-state index in [-0.39, 0.29) is 11.0 Å². The fourth-order valence-corrected chi connectivity index (χ4v) is 2.99. The van der Waals surface area contributed by atoms with Crippen molar-refractivity contribution in [2.75, 3.05) is 0 Å². The second-order valence-corrected chi connectivity index (χ2v) is 6.01. The Balaban J connectivity index is 1.59. The number of nitrogens with zero attached hydrogens (tertiary/aromatic N) is 2. The Morgan fingerprint density at radius 1 is 1.15 bits per heavy atom. The number of carbonyl (C=O) groups excluding carboxylic acids is 1. The number of para-hydroxylation sites is 2. The number of rotatable bonds is 3. The molecule has 0 bridgehead atoms. The summed E-state index contributed by atoms with van der Waals surface area (Å²) >= 11 is 0. The van der Waals surface area contributed by atoms with Crippen LogP contribution in [0.3, 0.4) is 0 Å². The molecule has 4 aromatic rings. The molecule has 2 N–H and O–H groups in total. The van der Waals surface area contributed by atoms with E-state index in [4.69, 9.17) is 0 Å². The standard InChI is InChI=1S/C20H16N4O2/c1-24-12-16(19(25)15-7-3-5-9-18(15)24)20(26)23-21-11-14-10-13-6-2-4-8-17(13)22-14/h2-12,22H,1H3,(H,23,26). The number of H-pyrrole nitrogens is 1. The minimum atomic E-state index is -0.538. The van der Waals surface area contributed by atoms with E-state index in [1.165, 1.54) is 12.4 Å². The summed E-state index contributed by atoms with van der Waals surface area (Å²) in [5.41, 5.74) is 4.69. The van der Waals surface area contributed by atoms with Gasteiger partial charge in [0.05, 0.1) is 17.4 Å². The van der Waals surface area contributed by atoms with Crippen LogP contribution in [-0.4, -0.2) is 21.7 Å². The number of fused-ring (bicyclic) bond motifs is 2. The Morgan fingerprint density at radius 2 is 1.92 bits per heavy atom. The van der Waals surface area contributed by atoms with E-state index >= 15 is 0 Å². The van der Waals surface area contributed by atoms with Gasteiger partial charge in [0.2, 0.25) is 5.43 Å². The van der Waals surface area contributed by atoms with Gasteiger partial charge in [0, 0.05) is 29.5 Å². The first-order valence-corrected chi connectivity index (χ1v) is 8.13. The first-order valence-electron chi connectivity index (χ1n) is 8.13. The van der Waals surface area contributed by atoms with Crippen LogP contribution in [0.15, 0.2) is 70.7 Å². The number of benzene rings is 2. The molecule has 1 amide bonds. The number of aryl methyl sites for hydroxylation is 1. The Bertz CT molecular complexity index is 1180. The number of nitrogens with one attached hydrogen (secondary N) is 2. The zero-order valence-corrected chi connectivity index (χ0v) is 14.1. The fourth-order valence-electron chi connectivity index (χ4n) is 2.99. The number of aromatic nitrogens is 2. The zero-order chi connectivity index (χ0) is 18.1. The van der Waals surface area contributed by atoms with E-state index < -0.39 is 5.91 Å². The van der Waals surface area contributed by atoms with E-state index in [9.17, 15) is 9.59 Å². The van der Waals surface area contributed by atoms with Crippen molar-refractivity contribution in [1.29, 1.82) is 0 Å². The van der Waals surface area contributed by atoms with Crippen LogP contribution in [0.5, 0.6) is 0 Å². The van der Waals surface area contributed by atoms with E-state index in [1.807, 2.05) is 42.5 Å². The highest BCUT2D eigenvalue weighted by molar-refractivity contribution is 5.98. The van der Waals surface area contributed by atoms with Crippen molar-refractivity contribution in [3.63, 3.8) is 0 Å². The van der Waals surface area contributed by atoms with Gasteiger partial charge in [-0.3, -0.25) is 9.59 Å². The molecule has 0 atom stereocenters. The molecule has 0 unspecified atom stereocenters. The summed E-state index contributed by atoms with van der Waals surface area (Å²) in [6.07, 6.45) is 3.04. The second kappa shape index (κ2) is 6.33. The van der Waals surface area contributed by atoms with Crippen LogP contribution in [0.2, 0.25) is 0 Å². The minimum absolute atomic E-state index is 0.0556. The topological polar surface area (TPSA) is 79.2 Å². The van der Waals surface area contributed by atoms with Crippen molar-refractivity contribution in [2.45, 2.75) is 0 Å². The van der Waals surface area contributed by atoms with Crippen LogP contribution in [-0.2, 0) is 7.05 Å². The molecule has 0 fully saturated rings. The lowest BCUT2D eigenvalue weighted by atomic mass is 10.1. The minimum Gasteiger partial charge on any atom is -0.354 e. The van der Waals surface area contributed by atoms with E-state index in [2.05, 4.69) is 15.5 Å². The SMILES string of the molecule is Cn1cc(C(=O)NN=Cc2cc3ccccc3[nH]2)c(=O)c2ccccc21. The molecule has 26 heavy (non-hydrogen) atoms. The number of aromatic amines is 1. The summed E-state index contributed by atoms with van der Waals surface area (Å²) in [7, 11) is 1.80. The largest absolute Gasteiger partial charge is 0.354 e. The molecular weight excluding hydrogens is 328 g/mol. The van der Waals surface area contributed by atoms with Crippen molar-refractivity contribution in [2.24, 2.45) is 12.1 Å². The van der Waals surface area contributed by atoms with Crippen LogP contribution in [0.1, 0.15) is 16.1 Å². The Hall–Kier alpha value is -3.67. The molecule has 0 saturated carbocycles. The predicted molar refractivity (Wildman–Crippen MR) is 103 cm³/mol. The number of pyridine rings is 1. The summed E-state index contributed by atoms with van der Waals surface area (Å²) in [6.45, 7) is 0. The molecule has 2 aromatic carbocycles. The van der Waals surface area contributed by atoms with Crippen molar-refractivity contribution < 1.29 is 4.79 Å². The molecule has 6 heteroatoms. The molecule has 2 aromatic heterocycles. The fraction of sp³-hybridized carbons (Fsp3) is 0.0500. The first-order chi connectivity index (χ1) is 12.6. The average Bonchev–Trinajstić information content (AvgIpc) is 3.07. The van der Waals surface area contributed by atoms with Gasteiger partial charge in [-0.05, 0) is 24.3 Å². The molecule has 0 aliphatic carbocycles. The van der Waals surface area contributed by atoms with Gasteiger partial charge >= 0.3 is 0 Å². The monoisotopic (exact) mass is 344 g/mol. The van der Waals surface area contributed by atoms with E-state index in [1.54, 1.807) is 23.7 Å². The third kappa shape index (κ3) is 2.77. The number of carbonyl (C=O) groups is 1. The summed E-state index contributed by atoms with van der Waals surface area (Å²) in [4.78, 5) is 28.1. The van der Waals surface area contributed by atoms with Crippen LogP contribution in [0.25, 0.3) is 21.8 Å². The van der Waals surface area contributed by atoms with Crippen molar-refractivity contribution >= 4 is 33.9 Å². The number of hydrogen-bond donors (Lipinski definition) is 2. The molecule has 0 saturated heterocycles. The number of amides is 1. The number of hydrazone groups is 1.